The first-order valence-electron chi connectivity index (χ1n) is 7.88. The van der Waals surface area contributed by atoms with Gasteiger partial charge in [0.15, 0.2) is 0 Å². The minimum absolute atomic E-state index is 0.134. The monoisotopic (exact) mass is 356 g/mol. The zero-order valence-corrected chi connectivity index (χ0v) is 14.2. The van der Waals surface area contributed by atoms with Crippen LogP contribution in [0.2, 0.25) is 5.02 Å². The van der Waals surface area contributed by atoms with Gasteiger partial charge in [-0.2, -0.15) is 5.26 Å². The van der Waals surface area contributed by atoms with Crippen LogP contribution >= 0.6 is 11.6 Å². The van der Waals surface area contributed by atoms with Gasteiger partial charge in [0.25, 0.3) is 5.91 Å². The van der Waals surface area contributed by atoms with Gasteiger partial charge in [-0.1, -0.05) is 29.8 Å². The minimum atomic E-state index is -1.20. The number of hydrogen-bond donors (Lipinski definition) is 2. The number of carbonyl (C=O) groups is 1. The second-order valence-corrected chi connectivity index (χ2v) is 6.65. The van der Waals surface area contributed by atoms with E-state index in [1.54, 1.807) is 29.2 Å². The maximum absolute atomic E-state index is 12.5. The third kappa shape index (κ3) is 3.52. The quantitative estimate of drug-likeness (QED) is 0.884. The molecule has 0 unspecified atom stereocenters. The van der Waals surface area contributed by atoms with Crippen molar-refractivity contribution < 1.29 is 15.0 Å². The molecule has 5 nitrogen and oxygen atoms in total. The van der Waals surface area contributed by atoms with Gasteiger partial charge in [0, 0.05) is 12.1 Å². The lowest BCUT2D eigenvalue weighted by molar-refractivity contribution is -0.00455. The van der Waals surface area contributed by atoms with Gasteiger partial charge in [0.1, 0.15) is 11.7 Å². The van der Waals surface area contributed by atoms with Crippen molar-refractivity contribution in [3.05, 3.63) is 58.6 Å². The van der Waals surface area contributed by atoms with Crippen molar-refractivity contribution in [3.63, 3.8) is 0 Å². The zero-order chi connectivity index (χ0) is 18.0. The molecule has 1 fully saturated rings. The maximum Gasteiger partial charge on any atom is 0.253 e. The van der Waals surface area contributed by atoms with E-state index >= 15 is 0 Å². The lowest BCUT2D eigenvalue weighted by atomic mass is 10.0. The number of likely N-dealkylation sites (tertiary alicyclic amines) is 1. The second-order valence-electron chi connectivity index (χ2n) is 6.24. The van der Waals surface area contributed by atoms with Crippen molar-refractivity contribution in [1.82, 2.24) is 4.90 Å². The molecule has 0 bridgehead atoms. The molecule has 1 saturated heterocycles. The molecule has 0 saturated carbocycles. The van der Waals surface area contributed by atoms with E-state index in [0.29, 0.717) is 29.1 Å². The van der Waals surface area contributed by atoms with Gasteiger partial charge in [0.2, 0.25) is 0 Å². The van der Waals surface area contributed by atoms with E-state index in [0.717, 1.165) is 11.1 Å². The van der Waals surface area contributed by atoms with Crippen molar-refractivity contribution in [1.29, 1.82) is 5.26 Å². The Morgan fingerprint density at radius 1 is 1.24 bits per heavy atom. The van der Waals surface area contributed by atoms with Crippen LogP contribution in [0.5, 0.6) is 0 Å². The molecule has 2 N–H and O–H groups in total. The Bertz CT molecular complexity index is 845. The van der Waals surface area contributed by atoms with Gasteiger partial charge in [-0.25, -0.2) is 0 Å². The lowest BCUT2D eigenvalue weighted by Gasteiger charge is -2.21. The largest absolute Gasteiger partial charge is 0.393 e. The summed E-state index contributed by atoms with van der Waals surface area (Å²) < 4.78 is 0. The van der Waals surface area contributed by atoms with E-state index in [-0.39, 0.29) is 19.1 Å². The van der Waals surface area contributed by atoms with Crippen molar-refractivity contribution in [2.24, 2.45) is 0 Å². The van der Waals surface area contributed by atoms with Crippen molar-refractivity contribution in [3.8, 4) is 17.2 Å². The molecule has 0 radical (unpaired) electrons. The Morgan fingerprint density at radius 2 is 1.92 bits per heavy atom. The van der Waals surface area contributed by atoms with Crippen molar-refractivity contribution in [2.75, 3.05) is 19.7 Å². The first-order valence-corrected chi connectivity index (χ1v) is 8.26. The molecule has 1 heterocycles. The summed E-state index contributed by atoms with van der Waals surface area (Å²) in [6.45, 7) is 0.202. The first-order chi connectivity index (χ1) is 12.0. The summed E-state index contributed by atoms with van der Waals surface area (Å²) in [6, 6.07) is 14.3. The number of aliphatic hydroxyl groups is 2. The second kappa shape index (κ2) is 6.85. The predicted octanol–water partition coefficient (Wildman–Crippen LogP) is 2.45. The van der Waals surface area contributed by atoms with Gasteiger partial charge in [-0.15, -0.1) is 0 Å². The van der Waals surface area contributed by atoms with E-state index < -0.39 is 5.60 Å². The van der Waals surface area contributed by atoms with E-state index in [1.807, 2.05) is 24.3 Å². The predicted molar refractivity (Wildman–Crippen MR) is 94.2 cm³/mol. The summed E-state index contributed by atoms with van der Waals surface area (Å²) in [5, 5.41) is 28.6. The van der Waals surface area contributed by atoms with E-state index in [1.165, 1.54) is 0 Å². The highest BCUT2D eigenvalue weighted by Gasteiger charge is 2.37. The number of nitriles is 1. The molecular weight excluding hydrogens is 340 g/mol. The Morgan fingerprint density at radius 3 is 2.48 bits per heavy atom. The number of aliphatic hydroxyl groups excluding tert-OH is 1. The standard InChI is InChI=1S/C19H17ClN2O3/c20-17-9-15(5-6-16(17)10-21)13-1-3-14(4-2-13)18(24)22-8-7-19(25,11-22)12-23/h1-6,9,23,25H,7-8,11-12H2/t19-/m0/s1. The third-order valence-electron chi connectivity index (χ3n) is 4.47. The van der Waals surface area contributed by atoms with Crippen LogP contribution in [0.3, 0.4) is 0 Å². The Kier molecular flexibility index (Phi) is 4.78. The SMILES string of the molecule is N#Cc1ccc(-c2ccc(C(=O)N3CC[C@@](O)(CO)C3)cc2)cc1Cl. The molecule has 25 heavy (non-hydrogen) atoms. The van der Waals surface area contributed by atoms with Crippen molar-refractivity contribution >= 4 is 17.5 Å². The molecule has 6 heteroatoms. The number of carbonyl (C=O) groups excluding carboxylic acids is 1. The fourth-order valence-corrected chi connectivity index (χ4v) is 3.15. The fraction of sp³-hybridized carbons (Fsp3) is 0.263. The summed E-state index contributed by atoms with van der Waals surface area (Å²) in [5.41, 5.74) is 1.48. The molecule has 0 aromatic heterocycles. The van der Waals surface area contributed by atoms with Crippen LogP contribution in [-0.2, 0) is 0 Å². The summed E-state index contributed by atoms with van der Waals surface area (Å²) in [6.07, 6.45) is 0.372. The molecule has 1 atom stereocenters. The van der Waals surface area contributed by atoms with Gasteiger partial charge in [-0.3, -0.25) is 4.79 Å². The highest BCUT2D eigenvalue weighted by Crippen LogP contribution is 2.27. The van der Waals surface area contributed by atoms with Crippen LogP contribution in [0.4, 0.5) is 0 Å². The molecule has 3 rings (SSSR count). The lowest BCUT2D eigenvalue weighted by Crippen LogP contribution is -2.38. The van der Waals surface area contributed by atoms with E-state index in [2.05, 4.69) is 0 Å². The van der Waals surface area contributed by atoms with Crippen LogP contribution in [-0.4, -0.2) is 46.3 Å². The smallest absolute Gasteiger partial charge is 0.253 e. The van der Waals surface area contributed by atoms with Crippen LogP contribution in [0.1, 0.15) is 22.3 Å². The van der Waals surface area contributed by atoms with Gasteiger partial charge in [-0.05, 0) is 41.8 Å². The highest BCUT2D eigenvalue weighted by molar-refractivity contribution is 6.32. The van der Waals surface area contributed by atoms with E-state index in [9.17, 15) is 15.0 Å². The number of benzene rings is 2. The summed E-state index contributed by atoms with van der Waals surface area (Å²) >= 11 is 6.06. The molecule has 0 spiro atoms. The zero-order valence-electron chi connectivity index (χ0n) is 13.4. The number of β-amino-alcohol motifs (C(OH)–C–C–N with tert-alkyl or cyclic N) is 1. The summed E-state index contributed by atoms with van der Waals surface area (Å²) in [5.74, 6) is -0.172. The number of rotatable bonds is 3. The number of hydrogen-bond acceptors (Lipinski definition) is 4. The molecule has 1 amide bonds. The maximum atomic E-state index is 12.5. The Hall–Kier alpha value is -2.39. The van der Waals surface area contributed by atoms with Gasteiger partial charge >= 0.3 is 0 Å². The first kappa shape index (κ1) is 17.4. The molecule has 0 aliphatic carbocycles. The van der Waals surface area contributed by atoms with Gasteiger partial charge < -0.3 is 15.1 Å². The Labute approximate surface area is 150 Å². The normalized spacial score (nSPS) is 19.7. The fourth-order valence-electron chi connectivity index (χ4n) is 2.93. The van der Waals surface area contributed by atoms with Crippen LogP contribution in [0.25, 0.3) is 11.1 Å². The molecule has 2 aromatic carbocycles. The van der Waals surface area contributed by atoms with Crippen LogP contribution < -0.4 is 0 Å². The van der Waals surface area contributed by atoms with E-state index in [4.69, 9.17) is 16.9 Å². The van der Waals surface area contributed by atoms with Crippen molar-refractivity contribution in [2.45, 2.75) is 12.0 Å². The highest BCUT2D eigenvalue weighted by atomic mass is 35.5. The number of nitrogens with zero attached hydrogens (tertiary/aromatic N) is 2. The molecule has 1 aliphatic heterocycles. The molecule has 128 valence electrons. The number of amides is 1. The molecule has 1 aliphatic rings. The number of halogens is 1. The van der Waals surface area contributed by atoms with Gasteiger partial charge in [0.05, 0.1) is 23.7 Å². The average Bonchev–Trinajstić information content (AvgIpc) is 3.04. The average molecular weight is 357 g/mol. The summed E-state index contributed by atoms with van der Waals surface area (Å²) in [4.78, 5) is 14.1. The topological polar surface area (TPSA) is 84.6 Å². The third-order valence-corrected chi connectivity index (χ3v) is 4.78. The summed E-state index contributed by atoms with van der Waals surface area (Å²) in [7, 11) is 0. The van der Waals surface area contributed by atoms with Crippen LogP contribution in [0, 0.1) is 11.3 Å². The molecule has 2 aromatic rings. The Balaban J connectivity index is 1.78. The van der Waals surface area contributed by atoms with Crippen LogP contribution in [0.15, 0.2) is 42.5 Å². The minimum Gasteiger partial charge on any atom is -0.393 e. The molecular formula is C19H17ClN2O3.